The minimum Gasteiger partial charge on any atom is -0.353 e. The summed E-state index contributed by atoms with van der Waals surface area (Å²) in [5.74, 6) is 1.06. The second-order valence-electron chi connectivity index (χ2n) is 7.27. The number of piperidine rings is 1. The van der Waals surface area contributed by atoms with Gasteiger partial charge in [0.25, 0.3) is 0 Å². The van der Waals surface area contributed by atoms with Crippen molar-refractivity contribution in [3.8, 4) is 0 Å². The average Bonchev–Trinajstić information content (AvgIpc) is 3.08. The van der Waals surface area contributed by atoms with Gasteiger partial charge in [0.2, 0.25) is 5.91 Å². The lowest BCUT2D eigenvalue weighted by molar-refractivity contribution is -0.122. The summed E-state index contributed by atoms with van der Waals surface area (Å²) >= 11 is 0. The van der Waals surface area contributed by atoms with Crippen LogP contribution in [-0.4, -0.2) is 36.5 Å². The van der Waals surface area contributed by atoms with E-state index in [1.807, 2.05) is 0 Å². The molecule has 2 fully saturated rings. The molecule has 1 aromatic carbocycles. The Hall–Kier alpha value is -1.35. The molecule has 3 heteroatoms. The van der Waals surface area contributed by atoms with Crippen LogP contribution >= 0.6 is 0 Å². The first-order chi connectivity index (χ1) is 11.3. The number of likely N-dealkylation sites (tertiary alicyclic amines) is 1. The fraction of sp³-hybridized carbons (Fsp3) is 0.650. The van der Waals surface area contributed by atoms with Gasteiger partial charge in [-0.05, 0) is 56.7 Å². The van der Waals surface area contributed by atoms with Crippen molar-refractivity contribution in [3.05, 3.63) is 35.9 Å². The van der Waals surface area contributed by atoms with E-state index in [0.29, 0.717) is 12.5 Å². The highest BCUT2D eigenvalue weighted by Crippen LogP contribution is 2.22. The zero-order valence-electron chi connectivity index (χ0n) is 14.2. The predicted octanol–water partition coefficient (Wildman–Crippen LogP) is 3.39. The maximum absolute atomic E-state index is 12.0. The molecule has 0 spiro atoms. The van der Waals surface area contributed by atoms with Crippen LogP contribution in [0.2, 0.25) is 0 Å². The van der Waals surface area contributed by atoms with Crippen molar-refractivity contribution < 1.29 is 4.79 Å². The maximum Gasteiger partial charge on any atom is 0.221 e. The van der Waals surface area contributed by atoms with Gasteiger partial charge in [0, 0.05) is 19.0 Å². The summed E-state index contributed by atoms with van der Waals surface area (Å²) in [6.07, 6.45) is 9.31. The first-order valence-corrected chi connectivity index (χ1v) is 9.35. The van der Waals surface area contributed by atoms with Crippen molar-refractivity contribution in [2.75, 3.05) is 19.6 Å². The zero-order valence-corrected chi connectivity index (χ0v) is 14.2. The number of nitrogens with zero attached hydrogens (tertiary/aromatic N) is 1. The molecular formula is C20H30N2O. The van der Waals surface area contributed by atoms with Crippen LogP contribution in [0.4, 0.5) is 0 Å². The van der Waals surface area contributed by atoms with Crippen LogP contribution in [0.1, 0.15) is 50.5 Å². The van der Waals surface area contributed by atoms with E-state index >= 15 is 0 Å². The Balaban J connectivity index is 1.32. The van der Waals surface area contributed by atoms with Crippen molar-refractivity contribution in [1.29, 1.82) is 0 Å². The quantitative estimate of drug-likeness (QED) is 0.873. The number of hydrogen-bond donors (Lipinski definition) is 1. The minimum atomic E-state index is 0.253. The average molecular weight is 314 g/mol. The molecule has 1 saturated carbocycles. The van der Waals surface area contributed by atoms with Crippen molar-refractivity contribution in [3.63, 3.8) is 0 Å². The molecular weight excluding hydrogens is 284 g/mol. The highest BCUT2D eigenvalue weighted by Gasteiger charge is 2.21. The van der Waals surface area contributed by atoms with Crippen molar-refractivity contribution in [1.82, 2.24) is 10.2 Å². The van der Waals surface area contributed by atoms with Crippen LogP contribution in [0.15, 0.2) is 30.3 Å². The van der Waals surface area contributed by atoms with Crippen molar-refractivity contribution >= 4 is 5.91 Å². The standard InChI is InChI=1S/C20H30N2O/c23-20(21-19-8-4-5-9-19)12-15-22-13-10-18(11-14-22)16-17-6-2-1-3-7-17/h1-3,6-7,18-19H,4-5,8-16H2,(H,21,23). The molecule has 23 heavy (non-hydrogen) atoms. The Morgan fingerprint density at radius 1 is 1.04 bits per heavy atom. The third-order valence-corrected chi connectivity index (χ3v) is 5.45. The summed E-state index contributed by atoms with van der Waals surface area (Å²) in [5, 5.41) is 3.19. The molecule has 2 aliphatic rings. The van der Waals surface area contributed by atoms with Gasteiger partial charge in [-0.25, -0.2) is 0 Å². The van der Waals surface area contributed by atoms with E-state index in [9.17, 15) is 4.79 Å². The highest BCUT2D eigenvalue weighted by atomic mass is 16.1. The largest absolute Gasteiger partial charge is 0.353 e. The van der Waals surface area contributed by atoms with Crippen LogP contribution in [0.25, 0.3) is 0 Å². The zero-order chi connectivity index (χ0) is 15.9. The monoisotopic (exact) mass is 314 g/mol. The SMILES string of the molecule is O=C(CCN1CCC(Cc2ccccc2)CC1)NC1CCCC1. The number of carbonyl (C=O) groups is 1. The first-order valence-electron chi connectivity index (χ1n) is 9.35. The smallest absolute Gasteiger partial charge is 0.221 e. The Morgan fingerprint density at radius 2 is 1.74 bits per heavy atom. The minimum absolute atomic E-state index is 0.253. The van der Waals surface area contributed by atoms with E-state index in [2.05, 4.69) is 40.5 Å². The molecule has 0 radical (unpaired) electrons. The van der Waals surface area contributed by atoms with Crippen LogP contribution in [0, 0.1) is 5.92 Å². The number of nitrogens with one attached hydrogen (secondary N) is 1. The van der Waals surface area contributed by atoms with Gasteiger partial charge in [-0.15, -0.1) is 0 Å². The molecule has 126 valence electrons. The highest BCUT2D eigenvalue weighted by molar-refractivity contribution is 5.76. The van der Waals surface area contributed by atoms with Crippen LogP contribution < -0.4 is 5.32 Å². The number of benzene rings is 1. The van der Waals surface area contributed by atoms with Gasteiger partial charge < -0.3 is 10.2 Å². The van der Waals surface area contributed by atoms with Gasteiger partial charge in [0.05, 0.1) is 0 Å². The molecule has 0 bridgehead atoms. The van der Waals surface area contributed by atoms with Gasteiger partial charge in [-0.3, -0.25) is 4.79 Å². The van der Waals surface area contributed by atoms with E-state index in [1.165, 1.54) is 50.5 Å². The molecule has 1 amide bonds. The van der Waals surface area contributed by atoms with Gasteiger partial charge in [-0.1, -0.05) is 43.2 Å². The summed E-state index contributed by atoms with van der Waals surface area (Å²) in [6.45, 7) is 3.22. The van der Waals surface area contributed by atoms with Gasteiger partial charge in [0.1, 0.15) is 0 Å². The normalized spacial score (nSPS) is 20.7. The first kappa shape index (κ1) is 16.5. The van der Waals surface area contributed by atoms with E-state index in [4.69, 9.17) is 0 Å². The molecule has 3 rings (SSSR count). The maximum atomic E-state index is 12.0. The van der Waals surface area contributed by atoms with E-state index in [1.54, 1.807) is 0 Å². The second kappa shape index (κ2) is 8.49. The van der Waals surface area contributed by atoms with Gasteiger partial charge >= 0.3 is 0 Å². The topological polar surface area (TPSA) is 32.3 Å². The van der Waals surface area contributed by atoms with Crippen molar-refractivity contribution in [2.24, 2.45) is 5.92 Å². The summed E-state index contributed by atoms with van der Waals surface area (Å²) in [5.41, 5.74) is 1.46. The molecule has 3 nitrogen and oxygen atoms in total. The van der Waals surface area contributed by atoms with E-state index in [0.717, 1.165) is 25.6 Å². The Labute approximate surface area is 140 Å². The van der Waals surface area contributed by atoms with E-state index < -0.39 is 0 Å². The second-order valence-corrected chi connectivity index (χ2v) is 7.27. The predicted molar refractivity (Wildman–Crippen MR) is 94.3 cm³/mol. The lowest BCUT2D eigenvalue weighted by Gasteiger charge is -2.32. The van der Waals surface area contributed by atoms with Gasteiger partial charge in [0.15, 0.2) is 0 Å². The number of carbonyl (C=O) groups excluding carboxylic acids is 1. The van der Waals surface area contributed by atoms with Crippen molar-refractivity contribution in [2.45, 2.75) is 57.4 Å². The molecule has 1 saturated heterocycles. The molecule has 0 atom stereocenters. The Kier molecular flexibility index (Phi) is 6.09. The molecule has 0 unspecified atom stereocenters. The fourth-order valence-corrected chi connectivity index (χ4v) is 3.99. The molecule has 0 aromatic heterocycles. The third kappa shape index (κ3) is 5.35. The summed E-state index contributed by atoms with van der Waals surface area (Å²) in [7, 11) is 0. The Bertz CT molecular complexity index is 474. The van der Waals surface area contributed by atoms with E-state index in [-0.39, 0.29) is 5.91 Å². The van der Waals surface area contributed by atoms with Gasteiger partial charge in [-0.2, -0.15) is 0 Å². The molecule has 1 aliphatic heterocycles. The lowest BCUT2D eigenvalue weighted by atomic mass is 9.90. The number of hydrogen-bond acceptors (Lipinski definition) is 2. The van der Waals surface area contributed by atoms with Crippen LogP contribution in [0.5, 0.6) is 0 Å². The summed E-state index contributed by atoms with van der Waals surface area (Å²) in [6, 6.07) is 11.3. The third-order valence-electron chi connectivity index (χ3n) is 5.45. The molecule has 1 aromatic rings. The molecule has 1 N–H and O–H groups in total. The van der Waals surface area contributed by atoms with Crippen LogP contribution in [-0.2, 0) is 11.2 Å². The molecule has 1 aliphatic carbocycles. The fourth-order valence-electron chi connectivity index (χ4n) is 3.99. The number of amides is 1. The lowest BCUT2D eigenvalue weighted by Crippen LogP contribution is -2.39. The Morgan fingerprint density at radius 3 is 2.43 bits per heavy atom. The molecule has 1 heterocycles. The number of rotatable bonds is 6. The summed E-state index contributed by atoms with van der Waals surface area (Å²) < 4.78 is 0. The summed E-state index contributed by atoms with van der Waals surface area (Å²) in [4.78, 5) is 14.5. The van der Waals surface area contributed by atoms with Crippen LogP contribution in [0.3, 0.4) is 0 Å².